The summed E-state index contributed by atoms with van der Waals surface area (Å²) in [4.78, 5) is 27.4. The standard InChI is InChI=1S/C14H24N2O3/c1-3-19-14(18)16-9-7-12(8-10-16)15(2)13(17)11-5-4-6-11/h11-12H,3-10H2,1-2H3. The van der Waals surface area contributed by atoms with Crippen molar-refractivity contribution >= 4 is 12.0 Å². The molecule has 0 unspecified atom stereocenters. The number of hydrogen-bond acceptors (Lipinski definition) is 3. The Kier molecular flexibility index (Phi) is 4.66. The molecule has 0 N–H and O–H groups in total. The number of piperidine rings is 1. The molecular weight excluding hydrogens is 244 g/mol. The third-order valence-corrected chi connectivity index (χ3v) is 4.34. The van der Waals surface area contributed by atoms with Crippen molar-refractivity contribution in [2.45, 2.75) is 45.1 Å². The van der Waals surface area contributed by atoms with E-state index in [1.165, 1.54) is 6.42 Å². The lowest BCUT2D eigenvalue weighted by molar-refractivity contribution is -0.139. The molecule has 2 aliphatic rings. The van der Waals surface area contributed by atoms with Crippen molar-refractivity contribution in [3.63, 3.8) is 0 Å². The Hall–Kier alpha value is -1.26. The Morgan fingerprint density at radius 2 is 1.84 bits per heavy atom. The Morgan fingerprint density at radius 1 is 1.21 bits per heavy atom. The van der Waals surface area contributed by atoms with Crippen LogP contribution in [0.5, 0.6) is 0 Å². The largest absolute Gasteiger partial charge is 0.450 e. The van der Waals surface area contributed by atoms with Crippen LogP contribution in [-0.4, -0.2) is 54.6 Å². The van der Waals surface area contributed by atoms with Gasteiger partial charge in [-0.25, -0.2) is 4.79 Å². The minimum Gasteiger partial charge on any atom is -0.450 e. The van der Waals surface area contributed by atoms with Gasteiger partial charge in [-0.3, -0.25) is 4.79 Å². The Labute approximate surface area is 114 Å². The van der Waals surface area contributed by atoms with E-state index < -0.39 is 0 Å². The van der Waals surface area contributed by atoms with E-state index in [2.05, 4.69) is 0 Å². The van der Waals surface area contributed by atoms with Crippen LogP contribution in [0.2, 0.25) is 0 Å². The van der Waals surface area contributed by atoms with Gasteiger partial charge in [-0.15, -0.1) is 0 Å². The monoisotopic (exact) mass is 268 g/mol. The summed E-state index contributed by atoms with van der Waals surface area (Å²) >= 11 is 0. The first-order chi connectivity index (χ1) is 9.13. The molecule has 1 heterocycles. The van der Waals surface area contributed by atoms with Gasteiger partial charge >= 0.3 is 6.09 Å². The van der Waals surface area contributed by atoms with E-state index in [1.54, 1.807) is 4.90 Å². The van der Waals surface area contributed by atoms with Crippen LogP contribution in [-0.2, 0) is 9.53 Å². The molecule has 1 aliphatic carbocycles. The minimum atomic E-state index is -0.228. The molecule has 2 rings (SSSR count). The normalized spacial score (nSPS) is 20.8. The molecule has 0 bridgehead atoms. The molecule has 0 atom stereocenters. The lowest BCUT2D eigenvalue weighted by Gasteiger charge is -2.39. The fourth-order valence-corrected chi connectivity index (χ4v) is 2.77. The molecule has 2 fully saturated rings. The van der Waals surface area contributed by atoms with Crippen LogP contribution in [0, 0.1) is 5.92 Å². The van der Waals surface area contributed by atoms with E-state index in [4.69, 9.17) is 4.74 Å². The molecule has 0 aromatic heterocycles. The van der Waals surface area contributed by atoms with Crippen LogP contribution in [0.1, 0.15) is 39.0 Å². The zero-order chi connectivity index (χ0) is 13.8. The van der Waals surface area contributed by atoms with Crippen LogP contribution in [0.4, 0.5) is 4.79 Å². The van der Waals surface area contributed by atoms with Crippen molar-refractivity contribution in [3.8, 4) is 0 Å². The summed E-state index contributed by atoms with van der Waals surface area (Å²) in [5.41, 5.74) is 0. The van der Waals surface area contributed by atoms with Crippen molar-refractivity contribution in [1.82, 2.24) is 9.80 Å². The molecule has 2 amide bonds. The molecule has 5 heteroatoms. The summed E-state index contributed by atoms with van der Waals surface area (Å²) in [6.45, 7) is 3.60. The highest BCUT2D eigenvalue weighted by molar-refractivity contribution is 5.79. The predicted octanol–water partition coefficient (Wildman–Crippen LogP) is 1.87. The number of rotatable bonds is 3. The van der Waals surface area contributed by atoms with E-state index in [-0.39, 0.29) is 18.1 Å². The topological polar surface area (TPSA) is 49.9 Å². The van der Waals surface area contributed by atoms with Crippen LogP contribution in [0.25, 0.3) is 0 Å². The molecule has 0 spiro atoms. The molecule has 108 valence electrons. The van der Waals surface area contributed by atoms with Gasteiger partial charge < -0.3 is 14.5 Å². The zero-order valence-electron chi connectivity index (χ0n) is 11.9. The van der Waals surface area contributed by atoms with E-state index in [1.807, 2.05) is 18.9 Å². The molecule has 19 heavy (non-hydrogen) atoms. The van der Waals surface area contributed by atoms with Crippen molar-refractivity contribution in [3.05, 3.63) is 0 Å². The molecule has 5 nitrogen and oxygen atoms in total. The number of hydrogen-bond donors (Lipinski definition) is 0. The quantitative estimate of drug-likeness (QED) is 0.785. The maximum atomic E-state index is 12.2. The van der Waals surface area contributed by atoms with Crippen molar-refractivity contribution in [1.29, 1.82) is 0 Å². The smallest absolute Gasteiger partial charge is 0.409 e. The number of amides is 2. The summed E-state index contributed by atoms with van der Waals surface area (Å²) in [5, 5.41) is 0. The van der Waals surface area contributed by atoms with Crippen LogP contribution >= 0.6 is 0 Å². The molecule has 1 saturated heterocycles. The van der Waals surface area contributed by atoms with Gasteiger partial charge in [-0.1, -0.05) is 6.42 Å². The summed E-state index contributed by atoms with van der Waals surface area (Å²) in [6.07, 6.45) is 4.76. The van der Waals surface area contributed by atoms with Gasteiger partial charge in [-0.2, -0.15) is 0 Å². The van der Waals surface area contributed by atoms with Gasteiger partial charge in [0.15, 0.2) is 0 Å². The highest BCUT2D eigenvalue weighted by Gasteiger charge is 2.33. The van der Waals surface area contributed by atoms with Crippen LogP contribution in [0.3, 0.4) is 0 Å². The molecule has 0 radical (unpaired) electrons. The average Bonchev–Trinajstić information content (AvgIpc) is 2.36. The number of carbonyl (C=O) groups excluding carboxylic acids is 2. The fraction of sp³-hybridized carbons (Fsp3) is 0.857. The molecule has 0 aromatic carbocycles. The maximum absolute atomic E-state index is 12.2. The van der Waals surface area contributed by atoms with Crippen LogP contribution < -0.4 is 0 Å². The highest BCUT2D eigenvalue weighted by Crippen LogP contribution is 2.29. The molecule has 1 aliphatic heterocycles. The Morgan fingerprint density at radius 3 is 2.32 bits per heavy atom. The van der Waals surface area contributed by atoms with Gasteiger partial charge in [0.05, 0.1) is 6.61 Å². The third-order valence-electron chi connectivity index (χ3n) is 4.34. The van der Waals surface area contributed by atoms with Gasteiger partial charge in [0, 0.05) is 32.1 Å². The van der Waals surface area contributed by atoms with Gasteiger partial charge in [0.1, 0.15) is 0 Å². The first-order valence-corrected chi connectivity index (χ1v) is 7.31. The summed E-state index contributed by atoms with van der Waals surface area (Å²) < 4.78 is 5.00. The summed E-state index contributed by atoms with van der Waals surface area (Å²) in [7, 11) is 1.91. The second-order valence-corrected chi connectivity index (χ2v) is 5.49. The number of carbonyl (C=O) groups is 2. The maximum Gasteiger partial charge on any atom is 0.409 e. The van der Waals surface area contributed by atoms with E-state index in [9.17, 15) is 9.59 Å². The van der Waals surface area contributed by atoms with Crippen molar-refractivity contribution < 1.29 is 14.3 Å². The second-order valence-electron chi connectivity index (χ2n) is 5.49. The number of nitrogens with zero attached hydrogens (tertiary/aromatic N) is 2. The zero-order valence-corrected chi connectivity index (χ0v) is 11.9. The number of ether oxygens (including phenoxy) is 1. The minimum absolute atomic E-state index is 0.228. The van der Waals surface area contributed by atoms with Crippen molar-refractivity contribution in [2.24, 2.45) is 5.92 Å². The van der Waals surface area contributed by atoms with Gasteiger partial charge in [0.25, 0.3) is 0 Å². The van der Waals surface area contributed by atoms with Crippen LogP contribution in [0.15, 0.2) is 0 Å². The third kappa shape index (κ3) is 3.19. The van der Waals surface area contributed by atoms with Crippen molar-refractivity contribution in [2.75, 3.05) is 26.7 Å². The Bertz CT molecular complexity index is 334. The SMILES string of the molecule is CCOC(=O)N1CCC(N(C)C(=O)C2CCC2)CC1. The summed E-state index contributed by atoms with van der Waals surface area (Å²) in [5.74, 6) is 0.550. The van der Waals surface area contributed by atoms with Gasteiger partial charge in [0.2, 0.25) is 5.91 Å². The highest BCUT2D eigenvalue weighted by atomic mass is 16.6. The first kappa shape index (κ1) is 14.2. The molecular formula is C14H24N2O3. The lowest BCUT2D eigenvalue weighted by Crippen LogP contribution is -2.49. The lowest BCUT2D eigenvalue weighted by atomic mass is 9.84. The van der Waals surface area contributed by atoms with E-state index >= 15 is 0 Å². The molecule has 0 aromatic rings. The van der Waals surface area contributed by atoms with Gasteiger partial charge in [-0.05, 0) is 32.6 Å². The summed E-state index contributed by atoms with van der Waals surface area (Å²) in [6, 6.07) is 0.277. The first-order valence-electron chi connectivity index (χ1n) is 7.31. The second kappa shape index (κ2) is 6.26. The Balaban J connectivity index is 1.78. The number of likely N-dealkylation sites (tertiary alicyclic amines) is 1. The predicted molar refractivity (Wildman–Crippen MR) is 71.7 cm³/mol. The average molecular weight is 268 g/mol. The van der Waals surface area contributed by atoms with E-state index in [0.717, 1.165) is 25.7 Å². The molecule has 1 saturated carbocycles. The fourth-order valence-electron chi connectivity index (χ4n) is 2.77. The van der Waals surface area contributed by atoms with E-state index in [0.29, 0.717) is 25.6 Å².